The van der Waals surface area contributed by atoms with Crippen LogP contribution in [0.2, 0.25) is 0 Å². The summed E-state index contributed by atoms with van der Waals surface area (Å²) in [5, 5.41) is 0. The minimum atomic E-state index is -3.56. The molecule has 27 heavy (non-hydrogen) atoms. The molecule has 0 radical (unpaired) electrons. The molecule has 1 aliphatic rings. The third-order valence-electron chi connectivity index (χ3n) is 4.38. The molecule has 0 saturated carbocycles. The standard InChI is InChI=1S/C18H17F3N2O3S/c19-15-7-6-14(16(20)17(15)21)18(24)22-8-10-23(11-9-22)27(25,26)12-13-4-2-1-3-5-13/h1-7H,8-12H2. The molecule has 0 spiro atoms. The fraction of sp³-hybridized carbons (Fsp3) is 0.278. The molecule has 1 fully saturated rings. The molecule has 0 aliphatic carbocycles. The Morgan fingerprint density at radius 2 is 1.52 bits per heavy atom. The Labute approximate surface area is 155 Å². The monoisotopic (exact) mass is 398 g/mol. The van der Waals surface area contributed by atoms with Gasteiger partial charge in [0.05, 0.1) is 11.3 Å². The van der Waals surface area contributed by atoms with Crippen LogP contribution in [-0.2, 0) is 15.8 Å². The second-order valence-corrected chi connectivity index (χ2v) is 8.12. The van der Waals surface area contributed by atoms with Gasteiger partial charge in [0.1, 0.15) is 0 Å². The van der Waals surface area contributed by atoms with Gasteiger partial charge in [0, 0.05) is 26.2 Å². The molecule has 9 heteroatoms. The van der Waals surface area contributed by atoms with Gasteiger partial charge in [0.15, 0.2) is 17.5 Å². The quantitative estimate of drug-likeness (QED) is 0.744. The van der Waals surface area contributed by atoms with E-state index in [9.17, 15) is 26.4 Å². The van der Waals surface area contributed by atoms with E-state index in [1.54, 1.807) is 30.3 Å². The topological polar surface area (TPSA) is 57.7 Å². The fourth-order valence-corrected chi connectivity index (χ4v) is 4.42. The van der Waals surface area contributed by atoms with Crippen molar-refractivity contribution in [3.63, 3.8) is 0 Å². The summed E-state index contributed by atoms with van der Waals surface area (Å²) in [4.78, 5) is 13.6. The Morgan fingerprint density at radius 1 is 0.889 bits per heavy atom. The number of carbonyl (C=O) groups excluding carboxylic acids is 1. The lowest BCUT2D eigenvalue weighted by Gasteiger charge is -2.34. The molecule has 144 valence electrons. The van der Waals surface area contributed by atoms with Crippen LogP contribution in [0.1, 0.15) is 15.9 Å². The van der Waals surface area contributed by atoms with Crippen molar-refractivity contribution in [1.29, 1.82) is 0 Å². The minimum absolute atomic E-state index is 0.0330. The van der Waals surface area contributed by atoms with Gasteiger partial charge in [-0.25, -0.2) is 21.6 Å². The van der Waals surface area contributed by atoms with Gasteiger partial charge in [-0.1, -0.05) is 30.3 Å². The Hall–Kier alpha value is -2.39. The number of rotatable bonds is 4. The molecule has 2 aromatic carbocycles. The maximum absolute atomic E-state index is 13.8. The summed E-state index contributed by atoms with van der Waals surface area (Å²) in [5.41, 5.74) is 0.0781. The first-order valence-corrected chi connectivity index (χ1v) is 9.85. The summed E-state index contributed by atoms with van der Waals surface area (Å²) in [6, 6.07) is 10.3. The van der Waals surface area contributed by atoms with Crippen LogP contribution in [0.25, 0.3) is 0 Å². The van der Waals surface area contributed by atoms with Crippen LogP contribution in [-0.4, -0.2) is 49.7 Å². The highest BCUT2D eigenvalue weighted by molar-refractivity contribution is 7.88. The van der Waals surface area contributed by atoms with Gasteiger partial charge in [0.2, 0.25) is 10.0 Å². The minimum Gasteiger partial charge on any atom is -0.336 e. The van der Waals surface area contributed by atoms with Gasteiger partial charge in [0.25, 0.3) is 5.91 Å². The predicted octanol–water partition coefficient (Wildman–Crippen LogP) is 2.39. The van der Waals surface area contributed by atoms with Crippen LogP contribution in [0, 0.1) is 17.5 Å². The van der Waals surface area contributed by atoms with E-state index in [0.717, 1.165) is 6.07 Å². The molecule has 0 unspecified atom stereocenters. The van der Waals surface area contributed by atoms with Gasteiger partial charge in [-0.05, 0) is 17.7 Å². The van der Waals surface area contributed by atoms with Crippen molar-refractivity contribution in [2.24, 2.45) is 0 Å². The number of piperazine rings is 1. The molecule has 2 aromatic rings. The number of sulfonamides is 1. The summed E-state index contributed by atoms with van der Waals surface area (Å²) >= 11 is 0. The predicted molar refractivity (Wildman–Crippen MR) is 92.9 cm³/mol. The van der Waals surface area contributed by atoms with Crippen molar-refractivity contribution in [3.8, 4) is 0 Å². The first-order valence-electron chi connectivity index (χ1n) is 8.24. The molecule has 1 aliphatic heterocycles. The van der Waals surface area contributed by atoms with Crippen molar-refractivity contribution in [2.75, 3.05) is 26.2 Å². The van der Waals surface area contributed by atoms with E-state index in [4.69, 9.17) is 0 Å². The van der Waals surface area contributed by atoms with Crippen molar-refractivity contribution < 1.29 is 26.4 Å². The van der Waals surface area contributed by atoms with E-state index in [2.05, 4.69) is 0 Å². The third-order valence-corrected chi connectivity index (χ3v) is 6.23. The Balaban J connectivity index is 1.66. The molecule has 1 amide bonds. The zero-order chi connectivity index (χ0) is 19.6. The lowest BCUT2D eigenvalue weighted by atomic mass is 10.1. The van der Waals surface area contributed by atoms with Crippen LogP contribution < -0.4 is 0 Å². The Morgan fingerprint density at radius 3 is 2.15 bits per heavy atom. The van der Waals surface area contributed by atoms with E-state index in [1.807, 2.05) is 0 Å². The van der Waals surface area contributed by atoms with Crippen molar-refractivity contribution in [1.82, 2.24) is 9.21 Å². The van der Waals surface area contributed by atoms with Crippen LogP contribution >= 0.6 is 0 Å². The molecule has 1 heterocycles. The van der Waals surface area contributed by atoms with Crippen molar-refractivity contribution >= 4 is 15.9 Å². The van der Waals surface area contributed by atoms with E-state index >= 15 is 0 Å². The summed E-state index contributed by atoms with van der Waals surface area (Å²) < 4.78 is 66.4. The van der Waals surface area contributed by atoms with Crippen molar-refractivity contribution in [2.45, 2.75) is 5.75 Å². The van der Waals surface area contributed by atoms with Crippen LogP contribution in [0.5, 0.6) is 0 Å². The van der Waals surface area contributed by atoms with E-state index in [0.29, 0.717) is 11.6 Å². The summed E-state index contributed by atoms with van der Waals surface area (Å²) in [5.74, 6) is -5.57. The highest BCUT2D eigenvalue weighted by Crippen LogP contribution is 2.19. The number of halogens is 3. The number of nitrogens with zero attached hydrogens (tertiary/aromatic N) is 2. The number of benzene rings is 2. The molecule has 0 N–H and O–H groups in total. The highest BCUT2D eigenvalue weighted by atomic mass is 32.2. The SMILES string of the molecule is O=C(c1ccc(F)c(F)c1F)N1CCN(S(=O)(=O)Cc2ccccc2)CC1. The first kappa shape index (κ1) is 19.4. The maximum Gasteiger partial charge on any atom is 0.257 e. The summed E-state index contributed by atoms with van der Waals surface area (Å²) in [6.45, 7) is 0.162. The highest BCUT2D eigenvalue weighted by Gasteiger charge is 2.31. The van der Waals surface area contributed by atoms with Crippen LogP contribution in [0.3, 0.4) is 0 Å². The van der Waals surface area contributed by atoms with Crippen LogP contribution in [0.15, 0.2) is 42.5 Å². The molecule has 0 aromatic heterocycles. The van der Waals surface area contributed by atoms with E-state index in [1.165, 1.54) is 9.21 Å². The zero-order valence-electron chi connectivity index (χ0n) is 14.2. The number of hydrogen-bond donors (Lipinski definition) is 0. The Bertz CT molecular complexity index is 944. The summed E-state index contributed by atoms with van der Waals surface area (Å²) in [6.07, 6.45) is 0. The van der Waals surface area contributed by atoms with Gasteiger partial charge in [-0.15, -0.1) is 0 Å². The van der Waals surface area contributed by atoms with Gasteiger partial charge in [-0.3, -0.25) is 4.79 Å². The fourth-order valence-electron chi connectivity index (χ4n) is 2.91. The Kier molecular flexibility index (Phi) is 5.52. The van der Waals surface area contributed by atoms with Crippen molar-refractivity contribution in [3.05, 3.63) is 71.0 Å². The van der Waals surface area contributed by atoms with Gasteiger partial charge < -0.3 is 4.90 Å². The van der Waals surface area contributed by atoms with E-state index < -0.39 is 38.9 Å². The molecule has 0 bridgehead atoms. The van der Waals surface area contributed by atoms with E-state index in [-0.39, 0.29) is 31.9 Å². The maximum atomic E-state index is 13.8. The molecule has 0 atom stereocenters. The van der Waals surface area contributed by atoms with Gasteiger partial charge >= 0.3 is 0 Å². The molecule has 5 nitrogen and oxygen atoms in total. The number of amides is 1. The number of carbonyl (C=O) groups is 1. The lowest BCUT2D eigenvalue weighted by Crippen LogP contribution is -2.50. The second kappa shape index (κ2) is 7.69. The molecular formula is C18H17F3N2O3S. The third kappa shape index (κ3) is 4.14. The largest absolute Gasteiger partial charge is 0.336 e. The molecule has 1 saturated heterocycles. The number of hydrogen-bond acceptors (Lipinski definition) is 3. The average Bonchev–Trinajstić information content (AvgIpc) is 2.66. The zero-order valence-corrected chi connectivity index (χ0v) is 15.1. The molecular weight excluding hydrogens is 381 g/mol. The molecule has 3 rings (SSSR count). The first-order chi connectivity index (χ1) is 12.8. The van der Waals surface area contributed by atoms with Crippen LogP contribution in [0.4, 0.5) is 13.2 Å². The second-order valence-electron chi connectivity index (χ2n) is 6.16. The lowest BCUT2D eigenvalue weighted by molar-refractivity contribution is 0.0691. The summed E-state index contributed by atoms with van der Waals surface area (Å²) in [7, 11) is -3.56. The smallest absolute Gasteiger partial charge is 0.257 e. The van der Waals surface area contributed by atoms with Gasteiger partial charge in [-0.2, -0.15) is 4.31 Å². The average molecular weight is 398 g/mol. The normalized spacial score (nSPS) is 15.7.